The number of benzene rings is 2. The van der Waals surface area contributed by atoms with E-state index in [0.29, 0.717) is 25.2 Å². The molecule has 0 aliphatic heterocycles. The van der Waals surface area contributed by atoms with E-state index in [1.165, 1.54) is 6.92 Å². The predicted molar refractivity (Wildman–Crippen MR) is 118 cm³/mol. The molecular formula is C20H19Cl2N5O4. The Hall–Kier alpha value is -3.22. The molecule has 162 valence electrons. The number of anilines is 1. The van der Waals surface area contributed by atoms with Gasteiger partial charge in [0, 0.05) is 31.3 Å². The second-order valence-corrected chi connectivity index (χ2v) is 7.24. The van der Waals surface area contributed by atoms with E-state index in [1.807, 2.05) is 24.0 Å². The van der Waals surface area contributed by atoms with E-state index >= 15 is 0 Å². The summed E-state index contributed by atoms with van der Waals surface area (Å²) >= 11 is 12.1. The number of aryl methyl sites for hydroxylation is 1. The first kappa shape index (κ1) is 24.1. The van der Waals surface area contributed by atoms with Crippen molar-refractivity contribution in [2.45, 2.75) is 20.3 Å². The average molecular weight is 464 g/mol. The van der Waals surface area contributed by atoms with Crippen molar-refractivity contribution in [1.82, 2.24) is 0 Å². The molecular weight excluding hydrogens is 445 g/mol. The van der Waals surface area contributed by atoms with Crippen molar-refractivity contribution in [3.63, 3.8) is 0 Å². The molecule has 0 atom stereocenters. The standard InChI is InChI=1S/C20H19Cl2N5O4/c1-13-10-15(26(7-3-6-23)8-9-31-14(2)28)4-5-19(13)24-25-20-17(21)11-16(27(29)30)12-18(20)22/h4-5,10-12H,3,7-9H2,1-2H3. The van der Waals surface area contributed by atoms with E-state index in [-0.39, 0.29) is 34.0 Å². The van der Waals surface area contributed by atoms with E-state index in [9.17, 15) is 14.9 Å². The van der Waals surface area contributed by atoms with Gasteiger partial charge in [0.1, 0.15) is 12.3 Å². The van der Waals surface area contributed by atoms with E-state index < -0.39 is 4.92 Å². The molecule has 2 aromatic carbocycles. The van der Waals surface area contributed by atoms with E-state index in [4.69, 9.17) is 33.2 Å². The Kier molecular flexibility index (Phi) is 8.73. The largest absolute Gasteiger partial charge is 0.464 e. The van der Waals surface area contributed by atoms with Crippen LogP contribution in [0, 0.1) is 28.4 Å². The second-order valence-electron chi connectivity index (χ2n) is 6.42. The lowest BCUT2D eigenvalue weighted by atomic mass is 10.1. The molecule has 2 rings (SSSR count). The van der Waals surface area contributed by atoms with Gasteiger partial charge >= 0.3 is 5.97 Å². The highest BCUT2D eigenvalue weighted by Gasteiger charge is 2.15. The fourth-order valence-corrected chi connectivity index (χ4v) is 3.21. The van der Waals surface area contributed by atoms with Gasteiger partial charge in [-0.3, -0.25) is 14.9 Å². The molecule has 0 spiro atoms. The van der Waals surface area contributed by atoms with Crippen molar-refractivity contribution in [1.29, 1.82) is 5.26 Å². The molecule has 0 fully saturated rings. The number of nitrogens with zero attached hydrogens (tertiary/aromatic N) is 5. The predicted octanol–water partition coefficient (Wildman–Crippen LogP) is 5.91. The maximum atomic E-state index is 11.0. The zero-order valence-electron chi connectivity index (χ0n) is 16.8. The molecule has 0 unspecified atom stereocenters. The van der Waals surface area contributed by atoms with Crippen LogP contribution in [0.2, 0.25) is 10.0 Å². The Morgan fingerprint density at radius 1 is 1.23 bits per heavy atom. The fraction of sp³-hybridized carbons (Fsp3) is 0.300. The number of nitro benzene ring substituents is 1. The molecule has 9 nitrogen and oxygen atoms in total. The first-order valence-electron chi connectivity index (χ1n) is 9.14. The van der Waals surface area contributed by atoms with Crippen LogP contribution < -0.4 is 4.90 Å². The lowest BCUT2D eigenvalue weighted by Crippen LogP contribution is -2.29. The number of halogens is 2. The minimum atomic E-state index is -0.596. The zero-order chi connectivity index (χ0) is 23.0. The van der Waals surface area contributed by atoms with Gasteiger partial charge in [0.05, 0.1) is 39.7 Å². The van der Waals surface area contributed by atoms with Crippen LogP contribution in [0.1, 0.15) is 18.9 Å². The number of carbonyl (C=O) groups is 1. The van der Waals surface area contributed by atoms with Gasteiger partial charge in [0.15, 0.2) is 0 Å². The number of azo groups is 1. The van der Waals surface area contributed by atoms with Gasteiger partial charge in [-0.2, -0.15) is 10.4 Å². The molecule has 0 aromatic heterocycles. The normalized spacial score (nSPS) is 10.7. The third-order valence-electron chi connectivity index (χ3n) is 4.18. The topological polar surface area (TPSA) is 121 Å². The maximum Gasteiger partial charge on any atom is 0.302 e. The number of ether oxygens (including phenoxy) is 1. The van der Waals surface area contributed by atoms with Crippen LogP contribution in [-0.4, -0.2) is 30.6 Å². The quantitative estimate of drug-likeness (QED) is 0.197. The summed E-state index contributed by atoms with van der Waals surface area (Å²) in [5.41, 5.74) is 2.08. The molecule has 0 N–H and O–H groups in total. The van der Waals surface area contributed by atoms with Crippen LogP contribution in [0.25, 0.3) is 0 Å². The van der Waals surface area contributed by atoms with E-state index in [2.05, 4.69) is 16.3 Å². The Morgan fingerprint density at radius 2 is 1.90 bits per heavy atom. The minimum Gasteiger partial charge on any atom is -0.464 e. The van der Waals surface area contributed by atoms with Gasteiger partial charge in [0.25, 0.3) is 5.69 Å². The number of carbonyl (C=O) groups excluding carboxylic acids is 1. The molecule has 0 heterocycles. The Labute approximate surface area is 189 Å². The summed E-state index contributed by atoms with van der Waals surface area (Å²) in [5.74, 6) is -0.365. The summed E-state index contributed by atoms with van der Waals surface area (Å²) in [6.45, 7) is 4.30. The van der Waals surface area contributed by atoms with Crippen molar-refractivity contribution in [2.75, 3.05) is 24.6 Å². The van der Waals surface area contributed by atoms with Crippen LogP contribution in [0.5, 0.6) is 0 Å². The summed E-state index contributed by atoms with van der Waals surface area (Å²) in [4.78, 5) is 23.2. The van der Waals surface area contributed by atoms with Gasteiger partial charge in [-0.1, -0.05) is 23.2 Å². The van der Waals surface area contributed by atoms with Gasteiger partial charge in [0.2, 0.25) is 0 Å². The molecule has 0 aliphatic carbocycles. The molecule has 0 aliphatic rings. The summed E-state index contributed by atoms with van der Waals surface area (Å²) in [5, 5.41) is 28.0. The van der Waals surface area contributed by atoms with Gasteiger partial charge in [-0.05, 0) is 30.7 Å². The highest BCUT2D eigenvalue weighted by Crippen LogP contribution is 2.38. The molecule has 31 heavy (non-hydrogen) atoms. The van der Waals surface area contributed by atoms with E-state index in [0.717, 1.165) is 23.4 Å². The van der Waals surface area contributed by atoms with Gasteiger partial charge in [-0.15, -0.1) is 5.11 Å². The van der Waals surface area contributed by atoms with Crippen molar-refractivity contribution >= 4 is 51.9 Å². The van der Waals surface area contributed by atoms with Crippen LogP contribution in [0.4, 0.5) is 22.7 Å². The number of non-ortho nitro benzene ring substituents is 1. The lowest BCUT2D eigenvalue weighted by molar-refractivity contribution is -0.384. The Balaban J connectivity index is 2.24. The Morgan fingerprint density at radius 3 is 2.45 bits per heavy atom. The molecule has 0 saturated carbocycles. The minimum absolute atomic E-state index is 0.0189. The van der Waals surface area contributed by atoms with Crippen molar-refractivity contribution in [2.24, 2.45) is 10.2 Å². The van der Waals surface area contributed by atoms with Crippen LogP contribution >= 0.6 is 23.2 Å². The maximum absolute atomic E-state index is 11.0. The van der Waals surface area contributed by atoms with Crippen LogP contribution in [0.3, 0.4) is 0 Å². The zero-order valence-corrected chi connectivity index (χ0v) is 18.4. The smallest absolute Gasteiger partial charge is 0.302 e. The molecule has 0 radical (unpaired) electrons. The van der Waals surface area contributed by atoms with Crippen molar-refractivity contribution < 1.29 is 14.5 Å². The number of esters is 1. The molecule has 0 amide bonds. The SMILES string of the molecule is CC(=O)OCCN(CCC#N)c1ccc(N=Nc2c(Cl)cc([N+](=O)[O-])cc2Cl)c(C)c1. The lowest BCUT2D eigenvalue weighted by Gasteiger charge is -2.24. The Bertz CT molecular complexity index is 1030. The fourth-order valence-electron chi connectivity index (χ4n) is 2.66. The van der Waals surface area contributed by atoms with E-state index in [1.54, 1.807) is 6.07 Å². The third kappa shape index (κ3) is 6.91. The number of nitro groups is 1. The molecule has 11 heteroatoms. The number of nitriles is 1. The molecule has 2 aromatic rings. The summed E-state index contributed by atoms with van der Waals surface area (Å²) in [7, 11) is 0. The first-order chi connectivity index (χ1) is 14.7. The van der Waals surface area contributed by atoms with Crippen LogP contribution in [-0.2, 0) is 9.53 Å². The monoisotopic (exact) mass is 463 g/mol. The van der Waals surface area contributed by atoms with Crippen molar-refractivity contribution in [3.05, 3.63) is 56.1 Å². The molecule has 0 saturated heterocycles. The van der Waals surface area contributed by atoms with Gasteiger partial charge < -0.3 is 9.64 Å². The van der Waals surface area contributed by atoms with Crippen LogP contribution in [0.15, 0.2) is 40.6 Å². The highest BCUT2D eigenvalue weighted by molar-refractivity contribution is 6.39. The summed E-state index contributed by atoms with van der Waals surface area (Å²) in [6.07, 6.45) is 0.317. The first-order valence-corrected chi connectivity index (χ1v) is 9.89. The molecule has 0 bridgehead atoms. The summed E-state index contributed by atoms with van der Waals surface area (Å²) in [6, 6.07) is 9.85. The average Bonchev–Trinajstić information content (AvgIpc) is 2.70. The highest BCUT2D eigenvalue weighted by atomic mass is 35.5. The van der Waals surface area contributed by atoms with Crippen molar-refractivity contribution in [3.8, 4) is 6.07 Å². The number of hydrogen-bond acceptors (Lipinski definition) is 8. The third-order valence-corrected chi connectivity index (χ3v) is 4.75. The number of hydrogen-bond donors (Lipinski definition) is 0. The van der Waals surface area contributed by atoms with Gasteiger partial charge in [-0.25, -0.2) is 0 Å². The summed E-state index contributed by atoms with van der Waals surface area (Å²) < 4.78 is 5.00. The second kappa shape index (κ2) is 11.2. The number of rotatable bonds is 9.